The highest BCUT2D eigenvalue weighted by atomic mass is 32.1. The van der Waals surface area contributed by atoms with Crippen LogP contribution in [0.15, 0.2) is 17.5 Å². The number of aromatic amines is 1. The molecule has 1 amide bonds. The van der Waals surface area contributed by atoms with Gasteiger partial charge in [0.1, 0.15) is 5.69 Å². The molecule has 0 atom stereocenters. The van der Waals surface area contributed by atoms with Gasteiger partial charge in [-0.1, -0.05) is 0 Å². The summed E-state index contributed by atoms with van der Waals surface area (Å²) in [5, 5.41) is 14.5. The molecule has 0 aliphatic carbocycles. The lowest BCUT2D eigenvalue weighted by atomic mass is 10.3. The van der Waals surface area contributed by atoms with Crippen molar-refractivity contribution in [2.24, 2.45) is 0 Å². The number of thiazole rings is 1. The SMILES string of the molecule is Cc1cc(C)n(Cc2cc(C(=O)N(C)Cc3csc(C)n3)n[nH]2)n1. The van der Waals surface area contributed by atoms with Crippen LogP contribution in [0, 0.1) is 20.8 Å². The second-order valence-electron chi connectivity index (χ2n) is 5.88. The summed E-state index contributed by atoms with van der Waals surface area (Å²) < 4.78 is 1.89. The quantitative estimate of drug-likeness (QED) is 0.770. The molecule has 24 heavy (non-hydrogen) atoms. The lowest BCUT2D eigenvalue weighted by Crippen LogP contribution is -2.26. The molecule has 3 aromatic heterocycles. The molecule has 0 fully saturated rings. The minimum absolute atomic E-state index is 0.128. The zero-order valence-corrected chi connectivity index (χ0v) is 15.0. The fourth-order valence-corrected chi connectivity index (χ4v) is 3.14. The highest BCUT2D eigenvalue weighted by molar-refractivity contribution is 7.09. The van der Waals surface area contributed by atoms with Crippen LogP contribution >= 0.6 is 11.3 Å². The second kappa shape index (κ2) is 6.56. The summed E-state index contributed by atoms with van der Waals surface area (Å²) in [6, 6.07) is 3.80. The van der Waals surface area contributed by atoms with Crippen molar-refractivity contribution in [3.8, 4) is 0 Å². The molecule has 0 unspecified atom stereocenters. The van der Waals surface area contributed by atoms with Gasteiger partial charge in [-0.05, 0) is 32.9 Å². The van der Waals surface area contributed by atoms with Gasteiger partial charge in [0.15, 0.2) is 0 Å². The predicted molar refractivity (Wildman–Crippen MR) is 92.0 cm³/mol. The molecule has 0 aromatic carbocycles. The van der Waals surface area contributed by atoms with Gasteiger partial charge in [-0.25, -0.2) is 4.98 Å². The van der Waals surface area contributed by atoms with E-state index in [4.69, 9.17) is 0 Å². The van der Waals surface area contributed by atoms with Crippen molar-refractivity contribution < 1.29 is 4.79 Å². The maximum absolute atomic E-state index is 12.5. The second-order valence-corrected chi connectivity index (χ2v) is 6.94. The molecule has 0 saturated carbocycles. The molecule has 0 aliphatic rings. The van der Waals surface area contributed by atoms with Crippen molar-refractivity contribution in [2.45, 2.75) is 33.9 Å². The van der Waals surface area contributed by atoms with E-state index in [9.17, 15) is 4.79 Å². The molecular weight excluding hydrogens is 324 g/mol. The van der Waals surface area contributed by atoms with Crippen LogP contribution in [0.5, 0.6) is 0 Å². The molecule has 3 heterocycles. The number of H-pyrrole nitrogens is 1. The molecule has 0 bridgehead atoms. The van der Waals surface area contributed by atoms with Crippen LogP contribution in [-0.2, 0) is 13.1 Å². The van der Waals surface area contributed by atoms with E-state index in [1.54, 1.807) is 29.4 Å². The molecule has 0 radical (unpaired) electrons. The largest absolute Gasteiger partial charge is 0.334 e. The lowest BCUT2D eigenvalue weighted by molar-refractivity contribution is 0.0777. The van der Waals surface area contributed by atoms with E-state index in [2.05, 4.69) is 20.3 Å². The third-order valence-electron chi connectivity index (χ3n) is 3.69. The fourth-order valence-electron chi connectivity index (χ4n) is 2.54. The first-order valence-electron chi connectivity index (χ1n) is 7.64. The molecule has 3 rings (SSSR count). The van der Waals surface area contributed by atoms with Crippen LogP contribution in [-0.4, -0.2) is 42.8 Å². The Morgan fingerprint density at radius 2 is 2.12 bits per heavy atom. The van der Waals surface area contributed by atoms with Gasteiger partial charge in [-0.15, -0.1) is 11.3 Å². The summed E-state index contributed by atoms with van der Waals surface area (Å²) in [4.78, 5) is 18.5. The molecule has 1 N–H and O–H groups in total. The number of carbonyl (C=O) groups is 1. The van der Waals surface area contributed by atoms with E-state index in [0.29, 0.717) is 18.8 Å². The van der Waals surface area contributed by atoms with Crippen LogP contribution in [0.2, 0.25) is 0 Å². The molecule has 0 saturated heterocycles. The van der Waals surface area contributed by atoms with Gasteiger partial charge in [-0.2, -0.15) is 10.2 Å². The van der Waals surface area contributed by atoms with E-state index < -0.39 is 0 Å². The highest BCUT2D eigenvalue weighted by Crippen LogP contribution is 2.12. The summed E-state index contributed by atoms with van der Waals surface area (Å²) >= 11 is 1.58. The van der Waals surface area contributed by atoms with Crippen LogP contribution < -0.4 is 0 Å². The minimum atomic E-state index is -0.128. The molecule has 7 nitrogen and oxygen atoms in total. The van der Waals surface area contributed by atoms with Crippen molar-refractivity contribution in [1.82, 2.24) is 29.9 Å². The van der Waals surface area contributed by atoms with Gasteiger partial charge in [0, 0.05) is 18.1 Å². The van der Waals surface area contributed by atoms with Gasteiger partial charge in [0.05, 0.1) is 35.2 Å². The molecular formula is C16H20N6OS. The molecule has 8 heteroatoms. The van der Waals surface area contributed by atoms with Crippen molar-refractivity contribution in [1.29, 1.82) is 0 Å². The number of aryl methyl sites for hydroxylation is 3. The van der Waals surface area contributed by atoms with Gasteiger partial charge in [0.25, 0.3) is 5.91 Å². The maximum Gasteiger partial charge on any atom is 0.274 e. The Balaban J connectivity index is 1.67. The van der Waals surface area contributed by atoms with Crippen LogP contribution in [0.4, 0.5) is 0 Å². The number of carbonyl (C=O) groups excluding carboxylic acids is 1. The van der Waals surface area contributed by atoms with Crippen molar-refractivity contribution in [2.75, 3.05) is 7.05 Å². The zero-order chi connectivity index (χ0) is 17.3. The Bertz CT molecular complexity index is 862. The Labute approximate surface area is 144 Å². The minimum Gasteiger partial charge on any atom is -0.334 e. The third kappa shape index (κ3) is 3.53. The summed E-state index contributed by atoms with van der Waals surface area (Å²) in [6.07, 6.45) is 0. The van der Waals surface area contributed by atoms with Gasteiger partial charge in [0.2, 0.25) is 0 Å². The number of aromatic nitrogens is 5. The summed E-state index contributed by atoms with van der Waals surface area (Å²) in [6.45, 7) is 6.96. The van der Waals surface area contributed by atoms with Gasteiger partial charge >= 0.3 is 0 Å². The van der Waals surface area contributed by atoms with Crippen molar-refractivity contribution >= 4 is 17.2 Å². The fraction of sp³-hybridized carbons (Fsp3) is 0.375. The average Bonchev–Trinajstić information content (AvgIpc) is 3.21. The first kappa shape index (κ1) is 16.4. The van der Waals surface area contributed by atoms with Gasteiger partial charge in [-0.3, -0.25) is 14.6 Å². The Hall–Kier alpha value is -2.48. The third-order valence-corrected chi connectivity index (χ3v) is 4.51. The Kier molecular flexibility index (Phi) is 4.48. The number of hydrogen-bond donors (Lipinski definition) is 1. The Morgan fingerprint density at radius 3 is 2.75 bits per heavy atom. The van der Waals surface area contributed by atoms with E-state index >= 15 is 0 Å². The lowest BCUT2D eigenvalue weighted by Gasteiger charge is -2.13. The number of hydrogen-bond acceptors (Lipinski definition) is 5. The van der Waals surface area contributed by atoms with E-state index in [0.717, 1.165) is 27.8 Å². The summed E-state index contributed by atoms with van der Waals surface area (Å²) in [5.74, 6) is -0.128. The molecule has 3 aromatic rings. The van der Waals surface area contributed by atoms with Crippen LogP contribution in [0.25, 0.3) is 0 Å². The molecule has 0 aliphatic heterocycles. The predicted octanol–water partition coefficient (Wildman–Crippen LogP) is 2.31. The van der Waals surface area contributed by atoms with Crippen molar-refractivity contribution in [3.05, 3.63) is 51.0 Å². The first-order chi connectivity index (χ1) is 11.4. The molecule has 126 valence electrons. The smallest absolute Gasteiger partial charge is 0.274 e. The first-order valence-corrected chi connectivity index (χ1v) is 8.52. The average molecular weight is 344 g/mol. The Morgan fingerprint density at radius 1 is 1.33 bits per heavy atom. The van der Waals surface area contributed by atoms with E-state index in [1.165, 1.54) is 0 Å². The normalized spacial score (nSPS) is 11.0. The van der Waals surface area contributed by atoms with Crippen LogP contribution in [0.3, 0.4) is 0 Å². The van der Waals surface area contributed by atoms with E-state index in [1.807, 2.05) is 36.9 Å². The number of amides is 1. The summed E-state index contributed by atoms with van der Waals surface area (Å²) in [5.41, 5.74) is 4.20. The standard InChI is InChI=1S/C16H20N6OS/c1-10-5-11(2)22(20-10)8-13-6-15(19-18-13)16(23)21(4)7-14-9-24-12(3)17-14/h5-6,9H,7-8H2,1-4H3,(H,18,19). The number of rotatable bonds is 5. The van der Waals surface area contributed by atoms with E-state index in [-0.39, 0.29) is 5.91 Å². The maximum atomic E-state index is 12.5. The van der Waals surface area contributed by atoms with Crippen molar-refractivity contribution in [3.63, 3.8) is 0 Å². The monoisotopic (exact) mass is 344 g/mol. The zero-order valence-electron chi connectivity index (χ0n) is 14.2. The topological polar surface area (TPSA) is 79.7 Å². The highest BCUT2D eigenvalue weighted by Gasteiger charge is 2.17. The number of nitrogens with zero attached hydrogens (tertiary/aromatic N) is 5. The number of nitrogens with one attached hydrogen (secondary N) is 1. The van der Waals surface area contributed by atoms with Gasteiger partial charge < -0.3 is 4.90 Å². The summed E-state index contributed by atoms with van der Waals surface area (Å²) in [7, 11) is 1.76. The molecule has 0 spiro atoms. The van der Waals surface area contributed by atoms with Crippen LogP contribution in [0.1, 0.15) is 38.3 Å².